The van der Waals surface area contributed by atoms with Crippen LogP contribution in [0.4, 0.5) is 5.69 Å². The lowest BCUT2D eigenvalue weighted by Crippen LogP contribution is -2.16. The van der Waals surface area contributed by atoms with Crippen LogP contribution in [0.15, 0.2) is 47.5 Å². The molecule has 0 saturated carbocycles. The monoisotopic (exact) mass is 302 g/mol. The summed E-state index contributed by atoms with van der Waals surface area (Å²) in [4.78, 5) is 16.9. The van der Waals surface area contributed by atoms with Crippen molar-refractivity contribution in [2.24, 2.45) is 4.99 Å². The molecule has 1 aliphatic rings. The van der Waals surface area contributed by atoms with Crippen molar-refractivity contribution in [3.8, 4) is 0 Å². The van der Waals surface area contributed by atoms with E-state index < -0.39 is 12.0 Å². The number of allylic oxidation sites excluding steroid dienone is 2. The Hall–Kier alpha value is -2.01. The number of benzene rings is 1. The van der Waals surface area contributed by atoms with Crippen LogP contribution in [0, 0.1) is 0 Å². The van der Waals surface area contributed by atoms with Crippen molar-refractivity contribution in [1.82, 2.24) is 0 Å². The van der Waals surface area contributed by atoms with E-state index in [0.717, 1.165) is 10.6 Å². The second-order valence-corrected chi connectivity index (χ2v) is 5.88. The lowest BCUT2D eigenvalue weighted by Gasteiger charge is -2.11. The van der Waals surface area contributed by atoms with Gasteiger partial charge in [0.25, 0.3) is 0 Å². The summed E-state index contributed by atoms with van der Waals surface area (Å²) >= 11 is 1.47. The Morgan fingerprint density at radius 3 is 2.52 bits per heavy atom. The molecule has 0 aliphatic carbocycles. The minimum absolute atomic E-state index is 0.519. The number of anilines is 1. The van der Waals surface area contributed by atoms with Crippen LogP contribution >= 0.6 is 11.8 Å². The average Bonchev–Trinajstić information content (AvgIpc) is 2.93. The SMILES string of the molecule is CN(C)c1ccc(C=CC=CC2=NC(C(=O)O)CS2)cc1. The molecule has 0 spiro atoms. The zero-order valence-electron chi connectivity index (χ0n) is 12.1. The highest BCUT2D eigenvalue weighted by atomic mass is 32.2. The van der Waals surface area contributed by atoms with Crippen LogP contribution in [0.1, 0.15) is 5.56 Å². The number of thioether (sulfide) groups is 1. The Morgan fingerprint density at radius 2 is 1.95 bits per heavy atom. The quantitative estimate of drug-likeness (QED) is 0.850. The van der Waals surface area contributed by atoms with Gasteiger partial charge in [0.2, 0.25) is 0 Å². The molecule has 4 nitrogen and oxygen atoms in total. The highest BCUT2D eigenvalue weighted by Crippen LogP contribution is 2.19. The maximum Gasteiger partial charge on any atom is 0.329 e. The Balaban J connectivity index is 1.92. The number of aliphatic carboxylic acids is 1. The molecule has 2 rings (SSSR count). The van der Waals surface area contributed by atoms with Gasteiger partial charge in [-0.2, -0.15) is 0 Å². The second-order valence-electron chi connectivity index (χ2n) is 4.84. The van der Waals surface area contributed by atoms with Crippen LogP contribution in [0.25, 0.3) is 6.08 Å². The van der Waals surface area contributed by atoms with Crippen molar-refractivity contribution in [3.05, 3.63) is 48.1 Å². The van der Waals surface area contributed by atoms with Crippen molar-refractivity contribution in [2.45, 2.75) is 6.04 Å². The van der Waals surface area contributed by atoms with Gasteiger partial charge < -0.3 is 10.0 Å². The van der Waals surface area contributed by atoms with E-state index in [9.17, 15) is 4.79 Å². The molecule has 1 N–H and O–H groups in total. The van der Waals surface area contributed by atoms with E-state index in [1.807, 2.05) is 38.4 Å². The molecule has 1 unspecified atom stereocenters. The first kappa shape index (κ1) is 15.4. The van der Waals surface area contributed by atoms with E-state index in [0.29, 0.717) is 5.75 Å². The Bertz CT molecular complexity index is 589. The number of carboxylic acids is 1. The van der Waals surface area contributed by atoms with Crippen LogP contribution < -0.4 is 4.90 Å². The average molecular weight is 302 g/mol. The summed E-state index contributed by atoms with van der Waals surface area (Å²) in [6, 6.07) is 7.65. The van der Waals surface area contributed by atoms with Gasteiger partial charge in [-0.25, -0.2) is 4.79 Å². The Labute approximate surface area is 128 Å². The lowest BCUT2D eigenvalue weighted by atomic mass is 10.2. The zero-order chi connectivity index (χ0) is 15.2. The molecule has 21 heavy (non-hydrogen) atoms. The van der Waals surface area contributed by atoms with E-state index in [1.165, 1.54) is 17.4 Å². The number of nitrogens with zero attached hydrogens (tertiary/aromatic N) is 2. The molecule has 0 bridgehead atoms. The number of carbonyl (C=O) groups is 1. The fourth-order valence-electron chi connectivity index (χ4n) is 1.80. The molecule has 1 aromatic rings. The summed E-state index contributed by atoms with van der Waals surface area (Å²) in [7, 11) is 4.02. The fraction of sp³-hybridized carbons (Fsp3) is 0.250. The number of hydrogen-bond donors (Lipinski definition) is 1. The molecule has 110 valence electrons. The molecule has 0 saturated heterocycles. The standard InChI is InChI=1S/C16H18N2O2S/c1-18(2)13-9-7-12(8-10-13)5-3-4-6-15-17-14(11-21-15)16(19)20/h3-10,14H,11H2,1-2H3,(H,19,20). The first-order valence-electron chi connectivity index (χ1n) is 6.62. The highest BCUT2D eigenvalue weighted by Gasteiger charge is 2.22. The maximum absolute atomic E-state index is 10.8. The third-order valence-electron chi connectivity index (χ3n) is 3.01. The van der Waals surface area contributed by atoms with Gasteiger partial charge in [-0.3, -0.25) is 4.99 Å². The van der Waals surface area contributed by atoms with Gasteiger partial charge in [-0.05, 0) is 23.8 Å². The van der Waals surface area contributed by atoms with E-state index in [2.05, 4.69) is 34.2 Å². The summed E-state index contributed by atoms with van der Waals surface area (Å²) < 4.78 is 0. The molecular formula is C16H18N2O2S. The number of hydrogen-bond acceptors (Lipinski definition) is 4. The summed E-state index contributed by atoms with van der Waals surface area (Å²) in [6.07, 6.45) is 7.67. The summed E-state index contributed by atoms with van der Waals surface area (Å²) in [6.45, 7) is 0. The van der Waals surface area contributed by atoms with Crippen molar-refractivity contribution in [2.75, 3.05) is 24.7 Å². The van der Waals surface area contributed by atoms with Gasteiger partial charge in [-0.1, -0.05) is 30.4 Å². The van der Waals surface area contributed by atoms with Crippen molar-refractivity contribution in [1.29, 1.82) is 0 Å². The van der Waals surface area contributed by atoms with Crippen LogP contribution in [0.5, 0.6) is 0 Å². The van der Waals surface area contributed by atoms with Gasteiger partial charge in [0.15, 0.2) is 6.04 Å². The zero-order valence-corrected chi connectivity index (χ0v) is 12.9. The highest BCUT2D eigenvalue weighted by molar-refractivity contribution is 8.14. The largest absolute Gasteiger partial charge is 0.480 e. The molecule has 1 atom stereocenters. The van der Waals surface area contributed by atoms with Crippen LogP contribution in [0.2, 0.25) is 0 Å². The van der Waals surface area contributed by atoms with E-state index in [-0.39, 0.29) is 0 Å². The van der Waals surface area contributed by atoms with Gasteiger partial charge >= 0.3 is 5.97 Å². The van der Waals surface area contributed by atoms with E-state index in [4.69, 9.17) is 5.11 Å². The summed E-state index contributed by atoms with van der Waals surface area (Å²) in [5.41, 5.74) is 2.29. The topological polar surface area (TPSA) is 52.9 Å². The second kappa shape index (κ2) is 7.13. The van der Waals surface area contributed by atoms with Gasteiger partial charge in [-0.15, -0.1) is 11.8 Å². The molecule has 0 aromatic heterocycles. The number of aliphatic imine (C=N–C) groups is 1. The third-order valence-corrected chi connectivity index (χ3v) is 4.02. The first-order valence-corrected chi connectivity index (χ1v) is 7.60. The van der Waals surface area contributed by atoms with Crippen LogP contribution in [-0.4, -0.2) is 42.0 Å². The fourth-order valence-corrected chi connectivity index (χ4v) is 2.72. The minimum atomic E-state index is -0.859. The van der Waals surface area contributed by atoms with Crippen LogP contribution in [0.3, 0.4) is 0 Å². The maximum atomic E-state index is 10.8. The van der Waals surface area contributed by atoms with Crippen molar-refractivity contribution in [3.63, 3.8) is 0 Å². The smallest absolute Gasteiger partial charge is 0.329 e. The van der Waals surface area contributed by atoms with Gasteiger partial charge in [0.05, 0.1) is 5.04 Å². The Morgan fingerprint density at radius 1 is 1.29 bits per heavy atom. The first-order chi connectivity index (χ1) is 10.1. The summed E-state index contributed by atoms with van der Waals surface area (Å²) in [5, 5.41) is 9.62. The van der Waals surface area contributed by atoms with E-state index in [1.54, 1.807) is 0 Å². The molecule has 1 heterocycles. The predicted molar refractivity (Wildman–Crippen MR) is 90.3 cm³/mol. The molecule has 5 heteroatoms. The van der Waals surface area contributed by atoms with Crippen molar-refractivity contribution < 1.29 is 9.90 Å². The van der Waals surface area contributed by atoms with Crippen LogP contribution in [-0.2, 0) is 4.79 Å². The predicted octanol–water partition coefficient (Wildman–Crippen LogP) is 2.92. The number of carboxylic acid groups (broad SMARTS) is 1. The molecule has 1 aromatic carbocycles. The third kappa shape index (κ3) is 4.49. The Kier molecular flexibility index (Phi) is 5.22. The van der Waals surface area contributed by atoms with Gasteiger partial charge in [0, 0.05) is 25.5 Å². The van der Waals surface area contributed by atoms with Gasteiger partial charge in [0.1, 0.15) is 0 Å². The van der Waals surface area contributed by atoms with E-state index >= 15 is 0 Å². The number of rotatable bonds is 5. The molecule has 0 radical (unpaired) electrons. The summed E-state index contributed by atoms with van der Waals surface area (Å²) in [5.74, 6) is -0.340. The normalized spacial score (nSPS) is 18.4. The molecular weight excluding hydrogens is 284 g/mol. The minimum Gasteiger partial charge on any atom is -0.480 e. The van der Waals surface area contributed by atoms with Crippen molar-refractivity contribution >= 4 is 34.5 Å². The molecule has 0 fully saturated rings. The molecule has 0 amide bonds. The molecule has 1 aliphatic heterocycles. The lowest BCUT2D eigenvalue weighted by molar-refractivity contribution is -0.137.